The van der Waals surface area contributed by atoms with Crippen LogP contribution in [0.1, 0.15) is 66.2 Å². The summed E-state index contributed by atoms with van der Waals surface area (Å²) in [5.74, 6) is 0. The van der Waals surface area contributed by atoms with Crippen molar-refractivity contribution < 1.29 is 16.8 Å². The second kappa shape index (κ2) is 11.7. The first-order chi connectivity index (χ1) is 7.91. The van der Waals surface area contributed by atoms with Gasteiger partial charge in [0.1, 0.15) is 0 Å². The normalized spacial score (nSPS) is 14.9. The first kappa shape index (κ1) is 21.2. The van der Waals surface area contributed by atoms with Crippen LogP contribution in [0.15, 0.2) is 0 Å². The van der Waals surface area contributed by atoms with Gasteiger partial charge >= 0.3 is 40.0 Å². The molecule has 0 saturated carbocycles. The van der Waals surface area contributed by atoms with Gasteiger partial charge in [-0.15, -0.1) is 0 Å². The van der Waals surface area contributed by atoms with Crippen LogP contribution in [0.5, 0.6) is 0 Å². The van der Waals surface area contributed by atoms with Crippen LogP contribution in [0.4, 0.5) is 0 Å². The zero-order valence-electron chi connectivity index (χ0n) is 11.4. The second-order valence-corrected chi connectivity index (χ2v) is 5.71. The van der Waals surface area contributed by atoms with Crippen molar-refractivity contribution in [3.05, 3.63) is 0 Å². The summed E-state index contributed by atoms with van der Waals surface area (Å²) in [5, 5.41) is 0. The van der Waals surface area contributed by atoms with Crippen molar-refractivity contribution in [3.63, 3.8) is 0 Å². The molecule has 0 spiro atoms. The number of hydrogen-bond acceptors (Lipinski definition) is 4. The Hall–Kier alpha value is 0.870. The van der Waals surface area contributed by atoms with E-state index in [1.54, 1.807) is 13.8 Å². The van der Waals surface area contributed by atoms with E-state index in [1.165, 1.54) is 0 Å². The topological polar surface area (TPSA) is 52.6 Å². The SMILES string of the molecule is CCCCC(C)OS(=O)(=O)OC(C)CCCC.[NaH]. The number of unbranched alkanes of at least 4 members (excludes halogenated alkanes) is 2. The van der Waals surface area contributed by atoms with Crippen molar-refractivity contribution in [2.24, 2.45) is 0 Å². The molecule has 0 radical (unpaired) electrons. The van der Waals surface area contributed by atoms with Gasteiger partial charge in [-0.2, -0.15) is 8.42 Å². The molecule has 0 aromatic heterocycles. The van der Waals surface area contributed by atoms with E-state index in [1.807, 2.05) is 0 Å². The van der Waals surface area contributed by atoms with Gasteiger partial charge < -0.3 is 0 Å². The fourth-order valence-corrected chi connectivity index (χ4v) is 2.55. The van der Waals surface area contributed by atoms with E-state index in [4.69, 9.17) is 8.37 Å². The second-order valence-electron chi connectivity index (χ2n) is 4.51. The fraction of sp³-hybridized carbons (Fsp3) is 1.00. The molecule has 6 heteroatoms. The Kier molecular flexibility index (Phi) is 13.7. The van der Waals surface area contributed by atoms with Crippen LogP contribution in [-0.4, -0.2) is 50.2 Å². The summed E-state index contributed by atoms with van der Waals surface area (Å²) in [7, 11) is -3.84. The van der Waals surface area contributed by atoms with Crippen molar-refractivity contribution in [3.8, 4) is 0 Å². The zero-order chi connectivity index (χ0) is 13.3. The van der Waals surface area contributed by atoms with E-state index in [0.717, 1.165) is 38.5 Å². The monoisotopic (exact) mass is 290 g/mol. The van der Waals surface area contributed by atoms with Gasteiger partial charge in [-0.05, 0) is 26.7 Å². The molecular formula is C12H27NaO4S. The van der Waals surface area contributed by atoms with Crippen LogP contribution in [0.3, 0.4) is 0 Å². The van der Waals surface area contributed by atoms with Gasteiger partial charge in [-0.1, -0.05) is 39.5 Å². The Bertz CT molecular complexity index is 258. The average molecular weight is 290 g/mol. The van der Waals surface area contributed by atoms with Gasteiger partial charge in [-0.3, -0.25) is 0 Å². The maximum atomic E-state index is 11.5. The minimum atomic E-state index is -3.84. The van der Waals surface area contributed by atoms with Crippen LogP contribution in [0, 0.1) is 0 Å². The summed E-state index contributed by atoms with van der Waals surface area (Å²) in [4.78, 5) is 0. The van der Waals surface area contributed by atoms with E-state index in [0.29, 0.717) is 0 Å². The number of rotatable bonds is 10. The predicted molar refractivity (Wildman–Crippen MR) is 76.2 cm³/mol. The molecule has 0 saturated heterocycles. The predicted octanol–water partition coefficient (Wildman–Crippen LogP) is 2.77. The average Bonchev–Trinajstić information content (AvgIpc) is 2.22. The molecule has 2 atom stereocenters. The summed E-state index contributed by atoms with van der Waals surface area (Å²) in [5.41, 5.74) is 0. The van der Waals surface area contributed by atoms with E-state index in [9.17, 15) is 8.42 Å². The van der Waals surface area contributed by atoms with Crippen LogP contribution in [0.2, 0.25) is 0 Å². The molecule has 0 aliphatic heterocycles. The molecule has 0 fully saturated rings. The van der Waals surface area contributed by atoms with Gasteiger partial charge in [0.2, 0.25) is 0 Å². The van der Waals surface area contributed by atoms with Crippen LogP contribution in [0.25, 0.3) is 0 Å². The standard InChI is InChI=1S/C12H26O4S.Na.H/c1-5-7-9-11(3)15-17(13,14)16-12(4)10-8-6-2;;/h11-12H,5-10H2,1-4H3;;. The molecule has 4 nitrogen and oxygen atoms in total. The van der Waals surface area contributed by atoms with Crippen molar-refractivity contribution in [1.82, 2.24) is 0 Å². The van der Waals surface area contributed by atoms with E-state index in [2.05, 4.69) is 13.8 Å². The number of hydrogen-bond donors (Lipinski definition) is 0. The molecule has 0 amide bonds. The summed E-state index contributed by atoms with van der Waals surface area (Å²) in [6.07, 6.45) is 4.84. The molecule has 0 aromatic carbocycles. The summed E-state index contributed by atoms with van der Waals surface area (Å²) < 4.78 is 32.9. The minimum absolute atomic E-state index is 0. The molecule has 0 rings (SSSR count). The van der Waals surface area contributed by atoms with Crippen LogP contribution >= 0.6 is 0 Å². The van der Waals surface area contributed by atoms with E-state index >= 15 is 0 Å². The van der Waals surface area contributed by atoms with Crippen molar-refractivity contribution in [2.45, 2.75) is 78.4 Å². The zero-order valence-corrected chi connectivity index (χ0v) is 12.3. The van der Waals surface area contributed by atoms with Gasteiger partial charge in [-0.25, -0.2) is 8.37 Å². The Morgan fingerprint density at radius 1 is 0.889 bits per heavy atom. The molecule has 0 aromatic rings. The third-order valence-electron chi connectivity index (χ3n) is 2.49. The molecule has 18 heavy (non-hydrogen) atoms. The van der Waals surface area contributed by atoms with Crippen molar-refractivity contribution in [2.75, 3.05) is 0 Å². The molecule has 0 aliphatic carbocycles. The van der Waals surface area contributed by atoms with Crippen LogP contribution in [-0.2, 0) is 18.8 Å². The quantitative estimate of drug-likeness (QED) is 0.581. The molecule has 106 valence electrons. The third kappa shape index (κ3) is 11.9. The molecule has 0 aliphatic rings. The molecule has 0 bridgehead atoms. The summed E-state index contributed by atoms with van der Waals surface area (Å²) in [6, 6.07) is 0. The Balaban J connectivity index is 0. The fourth-order valence-electron chi connectivity index (χ4n) is 1.50. The Labute approximate surface area is 134 Å². The first-order valence-electron chi connectivity index (χ1n) is 6.52. The summed E-state index contributed by atoms with van der Waals surface area (Å²) >= 11 is 0. The van der Waals surface area contributed by atoms with E-state index < -0.39 is 10.4 Å². The molecular weight excluding hydrogens is 263 g/mol. The van der Waals surface area contributed by atoms with Gasteiger partial charge in [0.15, 0.2) is 0 Å². The third-order valence-corrected chi connectivity index (χ3v) is 3.62. The molecule has 2 unspecified atom stereocenters. The van der Waals surface area contributed by atoms with Crippen molar-refractivity contribution in [1.29, 1.82) is 0 Å². The maximum absolute atomic E-state index is 11.5. The Morgan fingerprint density at radius 2 is 1.22 bits per heavy atom. The van der Waals surface area contributed by atoms with Gasteiger partial charge in [0.25, 0.3) is 0 Å². The summed E-state index contributed by atoms with van der Waals surface area (Å²) in [6.45, 7) is 7.63. The van der Waals surface area contributed by atoms with Gasteiger partial charge in [0.05, 0.1) is 12.2 Å². The first-order valence-corrected chi connectivity index (χ1v) is 7.86. The Morgan fingerprint density at radius 3 is 1.50 bits per heavy atom. The molecule has 0 N–H and O–H groups in total. The van der Waals surface area contributed by atoms with Crippen molar-refractivity contribution >= 4 is 40.0 Å². The van der Waals surface area contributed by atoms with E-state index in [-0.39, 0.29) is 41.8 Å². The van der Waals surface area contributed by atoms with Crippen LogP contribution < -0.4 is 0 Å². The van der Waals surface area contributed by atoms with Gasteiger partial charge in [0, 0.05) is 0 Å². The molecule has 0 heterocycles.